The lowest BCUT2D eigenvalue weighted by Gasteiger charge is -2.11. The van der Waals surface area contributed by atoms with Crippen molar-refractivity contribution in [1.29, 1.82) is 0 Å². The van der Waals surface area contributed by atoms with Gasteiger partial charge in [-0.3, -0.25) is 10.1 Å². The minimum absolute atomic E-state index is 0.0717. The van der Waals surface area contributed by atoms with Crippen molar-refractivity contribution in [3.63, 3.8) is 0 Å². The van der Waals surface area contributed by atoms with Crippen LogP contribution < -0.4 is 4.74 Å². The Labute approximate surface area is 134 Å². The monoisotopic (exact) mass is 304 g/mol. The molecule has 0 unspecified atom stereocenters. The van der Waals surface area contributed by atoms with E-state index >= 15 is 0 Å². The zero-order valence-electron chi connectivity index (χ0n) is 12.5. The third kappa shape index (κ3) is 3.06. The first kappa shape index (κ1) is 14.8. The van der Waals surface area contributed by atoms with Crippen molar-refractivity contribution in [2.45, 2.75) is 0 Å². The number of non-ortho nitro benzene ring substituents is 1. The van der Waals surface area contributed by atoms with Gasteiger partial charge in [-0.25, -0.2) is 0 Å². The first-order chi connectivity index (χ1) is 11.2. The Balaban J connectivity index is 2.08. The summed E-state index contributed by atoms with van der Waals surface area (Å²) in [5.74, 6) is 0.727. The molecule has 0 aliphatic heterocycles. The van der Waals surface area contributed by atoms with Gasteiger partial charge in [-0.15, -0.1) is 0 Å². The second-order valence-corrected chi connectivity index (χ2v) is 5.01. The van der Waals surface area contributed by atoms with Gasteiger partial charge in [0.15, 0.2) is 0 Å². The summed E-state index contributed by atoms with van der Waals surface area (Å²) in [6.07, 6.45) is 0. The van der Waals surface area contributed by atoms with Crippen LogP contribution in [-0.2, 0) is 0 Å². The molecule has 0 atom stereocenters. The molecule has 0 N–H and O–H groups in total. The predicted molar refractivity (Wildman–Crippen MR) is 89.4 cm³/mol. The third-order valence-electron chi connectivity index (χ3n) is 3.64. The first-order valence-electron chi connectivity index (χ1n) is 7.08. The fourth-order valence-corrected chi connectivity index (χ4v) is 2.46. The van der Waals surface area contributed by atoms with Crippen molar-refractivity contribution in [1.82, 2.24) is 0 Å². The second kappa shape index (κ2) is 6.32. The molecule has 3 aromatic carbocycles. The zero-order chi connectivity index (χ0) is 16.2. The molecule has 0 heterocycles. The van der Waals surface area contributed by atoms with Gasteiger partial charge in [0.1, 0.15) is 5.75 Å². The molecule has 0 amide bonds. The van der Waals surface area contributed by atoms with Crippen molar-refractivity contribution >= 4 is 5.69 Å². The summed E-state index contributed by atoms with van der Waals surface area (Å²) in [6.45, 7) is 0. The molecule has 3 aromatic rings. The van der Waals surface area contributed by atoms with Gasteiger partial charge in [-0.2, -0.15) is 0 Å². The van der Waals surface area contributed by atoms with Crippen LogP contribution in [0.2, 0.25) is 0 Å². The van der Waals surface area contributed by atoms with Crippen molar-refractivity contribution in [2.75, 3.05) is 7.11 Å². The molecule has 23 heavy (non-hydrogen) atoms. The summed E-state index contributed by atoms with van der Waals surface area (Å²) < 4.78 is 5.43. The Morgan fingerprint density at radius 2 is 1.57 bits per heavy atom. The summed E-state index contributed by atoms with van der Waals surface area (Å²) in [5.41, 5.74) is 3.97. The number of rotatable bonds is 4. The molecule has 0 saturated carbocycles. The molecule has 3 rings (SSSR count). The number of hydrogen-bond donors (Lipinski definition) is 0. The average molecular weight is 304 g/mol. The number of benzene rings is 3. The zero-order valence-corrected chi connectivity index (χ0v) is 12.5. The maximum Gasteiger partial charge on any atom is 0.269 e. The lowest BCUT2D eigenvalue weighted by atomic mass is 9.98. The summed E-state index contributed by atoms with van der Waals surface area (Å²) in [5, 5.41) is 10.8. The van der Waals surface area contributed by atoms with Gasteiger partial charge in [0.2, 0.25) is 0 Å². The van der Waals surface area contributed by atoms with Crippen LogP contribution in [0.15, 0.2) is 66.7 Å². The standard InChI is InChI=1S/C19H14NO3/c1-23-19-12-9-16(14-5-3-2-4-6-14)13-18(19)15-7-10-17(11-8-15)20(21)22/h3-13H,1H3. The van der Waals surface area contributed by atoms with E-state index in [0.717, 1.165) is 28.0 Å². The molecule has 0 aliphatic carbocycles. The number of ether oxygens (including phenoxy) is 1. The van der Waals surface area contributed by atoms with Gasteiger partial charge in [-0.1, -0.05) is 30.3 Å². The maximum absolute atomic E-state index is 10.8. The third-order valence-corrected chi connectivity index (χ3v) is 3.64. The van der Waals surface area contributed by atoms with Gasteiger partial charge in [-0.05, 0) is 47.0 Å². The Hall–Kier alpha value is -3.14. The molecule has 1 radical (unpaired) electrons. The molecule has 4 nitrogen and oxygen atoms in total. The van der Waals surface area contributed by atoms with Crippen LogP contribution in [0.5, 0.6) is 5.75 Å². The van der Waals surface area contributed by atoms with Gasteiger partial charge in [0.25, 0.3) is 5.69 Å². The number of nitro benzene ring substituents is 1. The van der Waals surface area contributed by atoms with E-state index in [9.17, 15) is 10.1 Å². The van der Waals surface area contributed by atoms with Crippen LogP contribution in [0.25, 0.3) is 22.3 Å². The van der Waals surface area contributed by atoms with Crippen LogP contribution in [0, 0.1) is 16.2 Å². The van der Waals surface area contributed by atoms with E-state index in [1.807, 2.05) is 42.5 Å². The first-order valence-corrected chi connectivity index (χ1v) is 7.08. The van der Waals surface area contributed by atoms with Gasteiger partial charge in [0, 0.05) is 17.7 Å². The van der Waals surface area contributed by atoms with Crippen LogP contribution in [0.3, 0.4) is 0 Å². The topological polar surface area (TPSA) is 52.4 Å². The Morgan fingerprint density at radius 1 is 0.913 bits per heavy atom. The van der Waals surface area contributed by atoms with Crippen LogP contribution in [-0.4, -0.2) is 12.0 Å². The fraction of sp³-hybridized carbons (Fsp3) is 0.0526. The van der Waals surface area contributed by atoms with E-state index in [0.29, 0.717) is 0 Å². The van der Waals surface area contributed by atoms with Gasteiger partial charge in [0.05, 0.1) is 12.0 Å². The SMILES string of the molecule is COc1ccc(-c2cc[c]cc2)cc1-c1ccc([N+](=O)[O-])cc1. The smallest absolute Gasteiger partial charge is 0.269 e. The number of nitro groups is 1. The van der Waals surface area contributed by atoms with Gasteiger partial charge >= 0.3 is 0 Å². The van der Waals surface area contributed by atoms with Crippen molar-refractivity contribution < 1.29 is 9.66 Å². The molecule has 0 fully saturated rings. The molecular weight excluding hydrogens is 290 g/mol. The molecule has 0 bridgehead atoms. The highest BCUT2D eigenvalue weighted by Gasteiger charge is 2.10. The van der Waals surface area contributed by atoms with Crippen molar-refractivity contribution in [3.8, 4) is 28.0 Å². The highest BCUT2D eigenvalue weighted by molar-refractivity contribution is 5.78. The van der Waals surface area contributed by atoms with Crippen LogP contribution in [0.4, 0.5) is 5.69 Å². The van der Waals surface area contributed by atoms with E-state index in [2.05, 4.69) is 6.07 Å². The lowest BCUT2D eigenvalue weighted by Crippen LogP contribution is -1.91. The lowest BCUT2D eigenvalue weighted by molar-refractivity contribution is -0.384. The molecule has 0 aromatic heterocycles. The normalized spacial score (nSPS) is 10.3. The largest absolute Gasteiger partial charge is 0.496 e. The number of nitrogens with zero attached hydrogens (tertiary/aromatic N) is 1. The fourth-order valence-electron chi connectivity index (χ4n) is 2.46. The number of hydrogen-bond acceptors (Lipinski definition) is 3. The highest BCUT2D eigenvalue weighted by atomic mass is 16.6. The van der Waals surface area contributed by atoms with E-state index in [-0.39, 0.29) is 5.69 Å². The summed E-state index contributed by atoms with van der Waals surface area (Å²) >= 11 is 0. The number of methoxy groups -OCH3 is 1. The molecule has 113 valence electrons. The molecule has 0 spiro atoms. The Morgan fingerprint density at radius 3 is 2.17 bits per heavy atom. The maximum atomic E-state index is 10.8. The van der Waals surface area contributed by atoms with Crippen molar-refractivity contribution in [2.24, 2.45) is 0 Å². The second-order valence-electron chi connectivity index (χ2n) is 5.01. The Kier molecular flexibility index (Phi) is 4.06. The molecule has 0 saturated heterocycles. The van der Waals surface area contributed by atoms with E-state index in [1.54, 1.807) is 19.2 Å². The predicted octanol–water partition coefficient (Wildman–Crippen LogP) is 4.74. The molecule has 4 heteroatoms. The van der Waals surface area contributed by atoms with Crippen LogP contribution in [0.1, 0.15) is 0 Å². The minimum atomic E-state index is -0.405. The summed E-state index contributed by atoms with van der Waals surface area (Å²) in [7, 11) is 1.61. The highest BCUT2D eigenvalue weighted by Crippen LogP contribution is 2.34. The van der Waals surface area contributed by atoms with E-state index < -0.39 is 4.92 Å². The average Bonchev–Trinajstić information content (AvgIpc) is 2.62. The van der Waals surface area contributed by atoms with Crippen molar-refractivity contribution in [3.05, 3.63) is 82.9 Å². The molecule has 0 aliphatic rings. The summed E-state index contributed by atoms with van der Waals surface area (Å²) in [4.78, 5) is 10.4. The van der Waals surface area contributed by atoms with E-state index in [1.165, 1.54) is 12.1 Å². The van der Waals surface area contributed by atoms with E-state index in [4.69, 9.17) is 4.74 Å². The quantitative estimate of drug-likeness (QED) is 0.517. The Bertz CT molecular complexity index is 827. The van der Waals surface area contributed by atoms with Gasteiger partial charge < -0.3 is 4.74 Å². The minimum Gasteiger partial charge on any atom is -0.496 e. The van der Waals surface area contributed by atoms with Crippen LogP contribution >= 0.6 is 0 Å². The molecular formula is C19H14NO3. The summed E-state index contributed by atoms with van der Waals surface area (Å²) in [6, 6.07) is 23.1.